The number of anilines is 1. The number of carbonyl (C=O) groups is 2. The fourth-order valence-electron chi connectivity index (χ4n) is 2.34. The van der Waals surface area contributed by atoms with Crippen LogP contribution in [0, 0.1) is 0 Å². The molecule has 0 spiro atoms. The van der Waals surface area contributed by atoms with E-state index >= 15 is 0 Å². The second-order valence-electron chi connectivity index (χ2n) is 6.22. The molecule has 1 amide bonds. The Kier molecular flexibility index (Phi) is 5.41. The minimum absolute atomic E-state index is 0.107. The monoisotopic (exact) mass is 402 g/mol. The van der Waals surface area contributed by atoms with Gasteiger partial charge in [-0.2, -0.15) is 5.10 Å². The van der Waals surface area contributed by atoms with E-state index in [0.717, 1.165) is 16.0 Å². The van der Waals surface area contributed by atoms with Crippen molar-refractivity contribution in [1.29, 1.82) is 0 Å². The Bertz CT molecular complexity index is 1050. The Hall–Kier alpha value is -3.27. The molecule has 1 N–H and O–H groups in total. The van der Waals surface area contributed by atoms with Crippen LogP contribution in [0.3, 0.4) is 0 Å². The molecule has 146 valence electrons. The zero-order valence-electron chi connectivity index (χ0n) is 15.5. The fourth-order valence-corrected chi connectivity index (χ4v) is 3.02. The average Bonchev–Trinajstić information content (AvgIpc) is 3.34. The third-order valence-electron chi connectivity index (χ3n) is 3.87. The predicted octanol–water partition coefficient (Wildman–Crippen LogP) is 2.51. The third kappa shape index (κ3) is 3.86. The first kappa shape index (κ1) is 19.5. The van der Waals surface area contributed by atoms with Crippen molar-refractivity contribution in [2.45, 2.75) is 26.3 Å². The molecule has 28 heavy (non-hydrogen) atoms. The molecular formula is C18H18N4O5S. The Labute approximate surface area is 164 Å². The van der Waals surface area contributed by atoms with Gasteiger partial charge in [-0.3, -0.25) is 14.9 Å². The Morgan fingerprint density at radius 3 is 2.79 bits per heavy atom. The highest BCUT2D eigenvalue weighted by Crippen LogP contribution is 2.22. The number of aromatic nitrogens is 3. The second kappa shape index (κ2) is 7.77. The summed E-state index contributed by atoms with van der Waals surface area (Å²) in [6, 6.07) is 6.25. The quantitative estimate of drug-likeness (QED) is 0.630. The van der Waals surface area contributed by atoms with Crippen LogP contribution in [0.2, 0.25) is 0 Å². The number of nitrogens with zero attached hydrogens (tertiary/aromatic N) is 3. The maximum absolute atomic E-state index is 12.8. The molecule has 3 aromatic rings. The third-order valence-corrected chi connectivity index (χ3v) is 4.63. The van der Waals surface area contributed by atoms with Crippen molar-refractivity contribution >= 4 is 28.3 Å². The first-order chi connectivity index (χ1) is 13.3. The lowest BCUT2D eigenvalue weighted by Crippen LogP contribution is -2.47. The van der Waals surface area contributed by atoms with Gasteiger partial charge in [0.2, 0.25) is 0 Å². The van der Waals surface area contributed by atoms with Gasteiger partial charge >= 0.3 is 5.97 Å². The topological polar surface area (TPSA) is 116 Å². The van der Waals surface area contributed by atoms with Crippen LogP contribution in [-0.2, 0) is 15.1 Å². The number of amides is 1. The smallest absolute Gasteiger partial charge is 0.357 e. The van der Waals surface area contributed by atoms with Crippen molar-refractivity contribution < 1.29 is 18.7 Å². The van der Waals surface area contributed by atoms with Crippen LogP contribution in [0.15, 0.2) is 45.1 Å². The Balaban J connectivity index is 1.84. The fraction of sp³-hybridized carbons (Fsp3) is 0.278. The van der Waals surface area contributed by atoms with E-state index in [0.29, 0.717) is 11.5 Å². The van der Waals surface area contributed by atoms with Gasteiger partial charge < -0.3 is 9.15 Å². The molecule has 0 aromatic carbocycles. The molecule has 3 aromatic heterocycles. The Morgan fingerprint density at radius 1 is 1.32 bits per heavy atom. The summed E-state index contributed by atoms with van der Waals surface area (Å²) in [5.41, 5.74) is -1.24. The number of furan rings is 1. The van der Waals surface area contributed by atoms with E-state index in [4.69, 9.17) is 9.15 Å². The molecule has 3 heterocycles. The number of carbonyl (C=O) groups excluding carboxylic acids is 2. The van der Waals surface area contributed by atoms with E-state index < -0.39 is 23.0 Å². The van der Waals surface area contributed by atoms with Crippen LogP contribution in [0.5, 0.6) is 0 Å². The molecule has 0 radical (unpaired) electrons. The summed E-state index contributed by atoms with van der Waals surface area (Å²) in [4.78, 5) is 40.9. The van der Waals surface area contributed by atoms with Crippen molar-refractivity contribution in [3.8, 4) is 11.5 Å². The van der Waals surface area contributed by atoms with E-state index in [1.54, 1.807) is 32.9 Å². The minimum atomic E-state index is -1.32. The van der Waals surface area contributed by atoms with Gasteiger partial charge in [-0.15, -0.1) is 11.3 Å². The van der Waals surface area contributed by atoms with Gasteiger partial charge in [0.1, 0.15) is 11.2 Å². The summed E-state index contributed by atoms with van der Waals surface area (Å²) in [6.45, 7) is 5.04. The van der Waals surface area contributed by atoms with Crippen LogP contribution >= 0.6 is 11.3 Å². The van der Waals surface area contributed by atoms with E-state index in [1.165, 1.54) is 23.8 Å². The molecule has 0 aliphatic rings. The van der Waals surface area contributed by atoms with Gasteiger partial charge in [-0.05, 0) is 39.0 Å². The van der Waals surface area contributed by atoms with Crippen molar-refractivity contribution in [2.75, 3.05) is 11.9 Å². The van der Waals surface area contributed by atoms with Gasteiger partial charge in [-0.25, -0.2) is 14.5 Å². The predicted molar refractivity (Wildman–Crippen MR) is 102 cm³/mol. The van der Waals surface area contributed by atoms with Gasteiger partial charge in [0.25, 0.3) is 11.5 Å². The zero-order valence-corrected chi connectivity index (χ0v) is 16.3. The van der Waals surface area contributed by atoms with Gasteiger partial charge in [0.15, 0.2) is 16.6 Å². The zero-order chi connectivity index (χ0) is 20.3. The van der Waals surface area contributed by atoms with Crippen molar-refractivity contribution in [2.24, 2.45) is 0 Å². The molecule has 0 saturated heterocycles. The molecule has 0 saturated carbocycles. The highest BCUT2D eigenvalue weighted by molar-refractivity contribution is 7.14. The maximum Gasteiger partial charge on any atom is 0.357 e. The minimum Gasteiger partial charge on any atom is -0.463 e. The van der Waals surface area contributed by atoms with Gasteiger partial charge in [0.05, 0.1) is 12.9 Å². The maximum atomic E-state index is 12.8. The van der Waals surface area contributed by atoms with Crippen molar-refractivity contribution in [3.05, 3.63) is 52.0 Å². The lowest BCUT2D eigenvalue weighted by molar-refractivity contribution is -0.123. The van der Waals surface area contributed by atoms with Crippen LogP contribution in [0.25, 0.3) is 11.5 Å². The molecule has 0 aliphatic carbocycles. The molecule has 0 aliphatic heterocycles. The van der Waals surface area contributed by atoms with Crippen LogP contribution < -0.4 is 10.9 Å². The highest BCUT2D eigenvalue weighted by atomic mass is 32.1. The number of thiazole rings is 1. The number of rotatable bonds is 6. The van der Waals surface area contributed by atoms with Crippen LogP contribution in [0.4, 0.5) is 5.13 Å². The van der Waals surface area contributed by atoms with Crippen LogP contribution in [-0.4, -0.2) is 33.2 Å². The van der Waals surface area contributed by atoms with Crippen molar-refractivity contribution in [3.63, 3.8) is 0 Å². The molecular weight excluding hydrogens is 384 g/mol. The summed E-state index contributed by atoms with van der Waals surface area (Å²) in [5.74, 6) is -0.602. The summed E-state index contributed by atoms with van der Waals surface area (Å²) >= 11 is 1.08. The summed E-state index contributed by atoms with van der Waals surface area (Å²) in [6.07, 6.45) is 1.49. The van der Waals surface area contributed by atoms with E-state index in [9.17, 15) is 14.4 Å². The first-order valence-corrected chi connectivity index (χ1v) is 9.29. The number of ether oxygens (including phenoxy) is 1. The normalized spacial score (nSPS) is 11.2. The van der Waals surface area contributed by atoms with E-state index in [1.807, 2.05) is 0 Å². The number of hydrogen-bond donors (Lipinski definition) is 1. The summed E-state index contributed by atoms with van der Waals surface area (Å²) in [7, 11) is 0. The Morgan fingerprint density at radius 2 is 2.11 bits per heavy atom. The molecule has 10 heteroatoms. The standard InChI is InChI=1S/C18H18N4O5S/c1-4-26-15(24)12-10-28-17(19-12)20-16(25)18(2,3)22-14(23)8-7-11(21-22)13-6-5-9-27-13/h5-10H,4H2,1-3H3,(H,19,20,25). The van der Waals surface area contributed by atoms with Crippen molar-refractivity contribution in [1.82, 2.24) is 14.8 Å². The number of hydrogen-bond acceptors (Lipinski definition) is 8. The molecule has 0 bridgehead atoms. The van der Waals surface area contributed by atoms with Crippen LogP contribution in [0.1, 0.15) is 31.3 Å². The second-order valence-corrected chi connectivity index (χ2v) is 7.08. The average molecular weight is 402 g/mol. The summed E-state index contributed by atoms with van der Waals surface area (Å²) in [5, 5.41) is 8.59. The molecule has 9 nitrogen and oxygen atoms in total. The largest absolute Gasteiger partial charge is 0.463 e. The molecule has 0 fully saturated rings. The SMILES string of the molecule is CCOC(=O)c1csc(NC(=O)C(C)(C)n2nc(-c3ccco3)ccc2=O)n1. The highest BCUT2D eigenvalue weighted by Gasteiger charge is 2.33. The molecule has 3 rings (SSSR count). The van der Waals surface area contributed by atoms with E-state index in [2.05, 4.69) is 15.4 Å². The van der Waals surface area contributed by atoms with Gasteiger partial charge in [-0.1, -0.05) is 0 Å². The molecule has 0 atom stereocenters. The van der Waals surface area contributed by atoms with E-state index in [-0.39, 0.29) is 17.4 Å². The summed E-state index contributed by atoms with van der Waals surface area (Å²) < 4.78 is 11.3. The first-order valence-electron chi connectivity index (χ1n) is 8.41. The lowest BCUT2D eigenvalue weighted by Gasteiger charge is -2.24. The number of nitrogens with one attached hydrogen (secondary N) is 1. The molecule has 0 unspecified atom stereocenters. The number of esters is 1. The lowest BCUT2D eigenvalue weighted by atomic mass is 10.1. The van der Waals surface area contributed by atoms with Gasteiger partial charge in [0, 0.05) is 11.4 Å².